The third-order valence-corrected chi connectivity index (χ3v) is 6.64. The first-order chi connectivity index (χ1) is 18.0. The number of hydrogen-bond donors (Lipinski definition) is 5. The van der Waals surface area contributed by atoms with Gasteiger partial charge in [0.25, 0.3) is 0 Å². The van der Waals surface area contributed by atoms with Crippen LogP contribution in [0.2, 0.25) is 0 Å². The molecule has 12 heteroatoms. The third-order valence-electron chi connectivity index (χ3n) is 6.64. The number of nitrogens with two attached hydrogens (primary N) is 2. The molecule has 1 aliphatic rings. The molecule has 2 amide bonds. The van der Waals surface area contributed by atoms with Crippen LogP contribution in [0.25, 0.3) is 11.1 Å². The van der Waals surface area contributed by atoms with E-state index in [4.69, 9.17) is 16.2 Å². The second-order valence-electron chi connectivity index (χ2n) is 10.2. The van der Waals surface area contributed by atoms with Crippen molar-refractivity contribution in [1.29, 1.82) is 0 Å². The van der Waals surface area contributed by atoms with E-state index in [0.29, 0.717) is 24.1 Å². The number of hydrogen-bond acceptors (Lipinski definition) is 8. The molecule has 2 aromatic carbocycles. The van der Waals surface area contributed by atoms with Crippen molar-refractivity contribution >= 4 is 42.6 Å². The highest BCUT2D eigenvalue weighted by atomic mass is 35.5. The van der Waals surface area contributed by atoms with E-state index in [-0.39, 0.29) is 68.1 Å². The van der Waals surface area contributed by atoms with Gasteiger partial charge in [0.1, 0.15) is 23.6 Å². The molecule has 0 fully saturated rings. The number of nitrogens with zero attached hydrogens (tertiary/aromatic N) is 1. The fourth-order valence-corrected chi connectivity index (χ4v) is 4.38. The van der Waals surface area contributed by atoms with Crippen molar-refractivity contribution in [2.24, 2.45) is 17.4 Å². The van der Waals surface area contributed by atoms with Crippen molar-refractivity contribution in [3.63, 3.8) is 0 Å². The van der Waals surface area contributed by atoms with Crippen molar-refractivity contribution in [3.8, 4) is 22.6 Å². The summed E-state index contributed by atoms with van der Waals surface area (Å²) in [4.78, 5) is 41.1. The zero-order valence-corrected chi connectivity index (χ0v) is 24.6. The monoisotopic (exact) mass is 598 g/mol. The van der Waals surface area contributed by atoms with E-state index < -0.39 is 35.9 Å². The smallest absolute Gasteiger partial charge is 0.329 e. The minimum atomic E-state index is -1.06. The van der Waals surface area contributed by atoms with Crippen molar-refractivity contribution in [2.45, 2.75) is 57.7 Å². The molecule has 0 aromatic heterocycles. The molecule has 3 rings (SSSR count). The Morgan fingerprint density at radius 2 is 1.60 bits per heavy atom. The number of likely N-dealkylation sites (N-methyl/N-ethyl adjacent to an activating group) is 1. The van der Waals surface area contributed by atoms with Gasteiger partial charge in [-0.3, -0.25) is 9.59 Å². The van der Waals surface area contributed by atoms with Crippen LogP contribution in [0.3, 0.4) is 0 Å². The van der Waals surface area contributed by atoms with Crippen LogP contribution in [0, 0.1) is 5.92 Å². The molecule has 0 saturated heterocycles. The molecule has 1 heterocycles. The zero-order valence-electron chi connectivity index (χ0n) is 23.0. The van der Waals surface area contributed by atoms with E-state index in [1.807, 2.05) is 13.8 Å². The number of halogens is 2. The molecule has 7 N–H and O–H groups in total. The normalized spacial score (nSPS) is 19.4. The van der Waals surface area contributed by atoms with Crippen molar-refractivity contribution in [2.75, 3.05) is 20.2 Å². The average molecular weight is 600 g/mol. The van der Waals surface area contributed by atoms with E-state index in [9.17, 15) is 24.6 Å². The van der Waals surface area contributed by atoms with Crippen LogP contribution in [0.5, 0.6) is 11.5 Å². The van der Waals surface area contributed by atoms with Gasteiger partial charge in [-0.15, -0.1) is 24.8 Å². The number of rotatable bonds is 6. The largest absolute Gasteiger partial charge is 0.508 e. The number of carbonyl (C=O) groups is 3. The summed E-state index contributed by atoms with van der Waals surface area (Å²) >= 11 is 0. The molecule has 0 spiro atoms. The molecular formula is C28H40Cl2N4O6. The van der Waals surface area contributed by atoms with Crippen molar-refractivity contribution in [1.82, 2.24) is 10.2 Å². The van der Waals surface area contributed by atoms with Crippen LogP contribution in [0.15, 0.2) is 36.4 Å². The molecule has 4 bridgehead atoms. The van der Waals surface area contributed by atoms with Gasteiger partial charge in [0.2, 0.25) is 11.8 Å². The number of phenolic OH excluding ortho intramolecular Hbond substituents is 2. The lowest BCUT2D eigenvalue weighted by Crippen LogP contribution is -2.55. The summed E-state index contributed by atoms with van der Waals surface area (Å²) in [5.41, 5.74) is 14.2. The Bertz CT molecular complexity index is 1180. The van der Waals surface area contributed by atoms with Crippen molar-refractivity contribution in [3.05, 3.63) is 47.5 Å². The molecular weight excluding hydrogens is 559 g/mol. The Hall–Kier alpha value is -3.05. The van der Waals surface area contributed by atoms with Crippen LogP contribution in [-0.2, 0) is 32.0 Å². The summed E-state index contributed by atoms with van der Waals surface area (Å²) in [5, 5.41) is 23.8. The van der Waals surface area contributed by atoms with Crippen LogP contribution in [0.4, 0.5) is 0 Å². The SMILES string of the molecule is CC(C)COC(=O)[C@@H]1Cc2cc(ccc2O)-c2ccc(O)c(c2)C[C@H](N)C(=O)N[C@@H](CCCN)C(=O)N1C.Cl.Cl. The van der Waals surface area contributed by atoms with E-state index >= 15 is 0 Å². The first-order valence-electron chi connectivity index (χ1n) is 12.8. The van der Waals surface area contributed by atoms with Crippen LogP contribution in [0.1, 0.15) is 37.8 Å². The molecule has 2 aromatic rings. The van der Waals surface area contributed by atoms with Gasteiger partial charge >= 0.3 is 5.97 Å². The highest BCUT2D eigenvalue weighted by molar-refractivity contribution is 5.92. The molecule has 222 valence electrons. The maximum absolute atomic E-state index is 13.6. The Morgan fingerprint density at radius 1 is 1.05 bits per heavy atom. The number of aromatic hydroxyl groups is 2. The van der Waals surface area contributed by atoms with Crippen LogP contribution in [-0.4, -0.2) is 71.2 Å². The Kier molecular flexibility index (Phi) is 13.7. The minimum absolute atomic E-state index is 0. The topological polar surface area (TPSA) is 168 Å². The number of phenols is 2. The summed E-state index contributed by atoms with van der Waals surface area (Å²) in [7, 11) is 1.48. The Morgan fingerprint density at radius 3 is 2.12 bits per heavy atom. The Labute approximate surface area is 247 Å². The van der Waals surface area contributed by atoms with Gasteiger partial charge in [0.15, 0.2) is 0 Å². The van der Waals surface area contributed by atoms with Gasteiger partial charge in [-0.2, -0.15) is 0 Å². The average Bonchev–Trinajstić information content (AvgIpc) is 2.89. The van der Waals surface area contributed by atoms with E-state index in [2.05, 4.69) is 5.32 Å². The quantitative estimate of drug-likeness (QED) is 0.315. The number of carbonyl (C=O) groups excluding carboxylic acids is 3. The molecule has 1 aliphatic heterocycles. The van der Waals surface area contributed by atoms with Crippen LogP contribution < -0.4 is 16.8 Å². The molecule has 0 aliphatic carbocycles. The highest BCUT2D eigenvalue weighted by Crippen LogP contribution is 2.31. The summed E-state index contributed by atoms with van der Waals surface area (Å²) in [6.07, 6.45) is 0.719. The van der Waals surface area contributed by atoms with Gasteiger partial charge in [-0.25, -0.2) is 4.79 Å². The third kappa shape index (κ3) is 8.72. The maximum atomic E-state index is 13.6. The highest BCUT2D eigenvalue weighted by Gasteiger charge is 2.34. The second kappa shape index (κ2) is 15.7. The lowest BCUT2D eigenvalue weighted by molar-refractivity contribution is -0.155. The second-order valence-corrected chi connectivity index (χ2v) is 10.2. The van der Waals surface area contributed by atoms with Gasteiger partial charge in [-0.05, 0) is 71.8 Å². The Balaban J connectivity index is 0.00000400. The van der Waals surface area contributed by atoms with E-state index in [1.165, 1.54) is 24.1 Å². The fraction of sp³-hybridized carbons (Fsp3) is 0.464. The van der Waals surface area contributed by atoms with Gasteiger partial charge < -0.3 is 36.6 Å². The van der Waals surface area contributed by atoms with Crippen molar-refractivity contribution < 1.29 is 29.3 Å². The number of amides is 2. The predicted octanol–water partition coefficient (Wildman–Crippen LogP) is 2.28. The molecule has 3 atom stereocenters. The molecule has 40 heavy (non-hydrogen) atoms. The first-order valence-corrected chi connectivity index (χ1v) is 12.8. The summed E-state index contributed by atoms with van der Waals surface area (Å²) in [5.74, 6) is -1.64. The number of fused-ring (bicyclic) bond motifs is 5. The molecule has 0 unspecified atom stereocenters. The number of nitrogens with one attached hydrogen (secondary N) is 1. The van der Waals surface area contributed by atoms with E-state index in [0.717, 1.165) is 11.1 Å². The summed E-state index contributed by atoms with van der Waals surface area (Å²) in [6.45, 7) is 4.28. The molecule has 0 saturated carbocycles. The van der Waals surface area contributed by atoms with E-state index in [1.54, 1.807) is 24.3 Å². The standard InChI is InChI=1S/C28H38N4O6.2ClH/c1-16(2)15-38-28(37)23-14-20-12-18(7-9-25(20)34)17-6-8-24(33)19(11-17)13-21(30)26(35)31-22(5-4-10-29)27(36)32(23)3;;/h6-9,11-12,16,21-23,33-34H,4-5,10,13-15,29-30H2,1-3H3,(H,31,35);2*1H/t21-,22-,23-;;/m0../s1. The number of ether oxygens (including phenoxy) is 1. The maximum Gasteiger partial charge on any atom is 0.329 e. The lowest BCUT2D eigenvalue weighted by Gasteiger charge is -2.31. The first kappa shape index (κ1) is 35.0. The number of esters is 1. The molecule has 10 nitrogen and oxygen atoms in total. The van der Waals surface area contributed by atoms with Gasteiger partial charge in [0.05, 0.1) is 12.6 Å². The lowest BCUT2D eigenvalue weighted by atomic mass is 9.95. The predicted molar refractivity (Wildman–Crippen MR) is 158 cm³/mol. The zero-order chi connectivity index (χ0) is 28.0. The van der Waals surface area contributed by atoms with Crippen LogP contribution >= 0.6 is 24.8 Å². The van der Waals surface area contributed by atoms with Gasteiger partial charge in [-0.1, -0.05) is 26.0 Å². The molecule has 0 radical (unpaired) electrons. The number of benzene rings is 2. The summed E-state index contributed by atoms with van der Waals surface area (Å²) < 4.78 is 5.50. The fourth-order valence-electron chi connectivity index (χ4n) is 4.38. The minimum Gasteiger partial charge on any atom is -0.508 e. The van der Waals surface area contributed by atoms with Gasteiger partial charge in [0, 0.05) is 19.9 Å². The summed E-state index contributed by atoms with van der Waals surface area (Å²) in [6, 6.07) is 6.86.